The SMILES string of the molecule is CC(O)Oc1ccccc1.P. The second-order valence-electron chi connectivity index (χ2n) is 2.03. The molecule has 0 spiro atoms. The molecule has 0 aliphatic carbocycles. The van der Waals surface area contributed by atoms with Crippen LogP contribution in [0.15, 0.2) is 30.3 Å². The number of para-hydroxylation sites is 1. The van der Waals surface area contributed by atoms with Gasteiger partial charge < -0.3 is 9.84 Å². The second-order valence-corrected chi connectivity index (χ2v) is 2.03. The summed E-state index contributed by atoms with van der Waals surface area (Å²) < 4.78 is 4.97. The van der Waals surface area contributed by atoms with Gasteiger partial charge in [0.2, 0.25) is 0 Å². The van der Waals surface area contributed by atoms with E-state index in [0.717, 1.165) is 0 Å². The average molecular weight is 172 g/mol. The minimum Gasteiger partial charge on any atom is -0.465 e. The highest BCUT2D eigenvalue weighted by Gasteiger charge is 1.94. The number of benzene rings is 1. The Morgan fingerprint density at radius 1 is 1.27 bits per heavy atom. The number of aliphatic hydroxyl groups is 1. The Hall–Kier alpha value is -0.590. The van der Waals surface area contributed by atoms with Crippen molar-refractivity contribution < 1.29 is 9.84 Å². The van der Waals surface area contributed by atoms with Crippen LogP contribution in [0, 0.1) is 0 Å². The third kappa shape index (κ3) is 3.97. The van der Waals surface area contributed by atoms with Crippen LogP contribution in [0.1, 0.15) is 6.92 Å². The van der Waals surface area contributed by atoms with Crippen molar-refractivity contribution in [2.45, 2.75) is 13.2 Å². The maximum absolute atomic E-state index is 8.78. The van der Waals surface area contributed by atoms with Crippen LogP contribution in [-0.4, -0.2) is 11.4 Å². The molecule has 0 heterocycles. The van der Waals surface area contributed by atoms with Crippen molar-refractivity contribution in [3.05, 3.63) is 30.3 Å². The van der Waals surface area contributed by atoms with Crippen molar-refractivity contribution >= 4 is 9.90 Å². The van der Waals surface area contributed by atoms with Gasteiger partial charge in [-0.05, 0) is 19.1 Å². The molecule has 0 amide bonds. The average Bonchev–Trinajstić information content (AvgIpc) is 1.88. The van der Waals surface area contributed by atoms with Crippen molar-refractivity contribution in [1.82, 2.24) is 0 Å². The van der Waals surface area contributed by atoms with Gasteiger partial charge in [0, 0.05) is 0 Å². The lowest BCUT2D eigenvalue weighted by atomic mass is 10.3. The van der Waals surface area contributed by atoms with Gasteiger partial charge in [-0.3, -0.25) is 0 Å². The highest BCUT2D eigenvalue weighted by atomic mass is 31.0. The smallest absolute Gasteiger partial charge is 0.194 e. The van der Waals surface area contributed by atoms with Crippen molar-refractivity contribution in [1.29, 1.82) is 0 Å². The van der Waals surface area contributed by atoms with Crippen LogP contribution >= 0.6 is 9.90 Å². The quantitative estimate of drug-likeness (QED) is 0.540. The molecule has 0 saturated carbocycles. The van der Waals surface area contributed by atoms with Gasteiger partial charge in [-0.1, -0.05) is 18.2 Å². The topological polar surface area (TPSA) is 29.5 Å². The first-order valence-electron chi connectivity index (χ1n) is 3.19. The molecule has 0 aliphatic heterocycles. The van der Waals surface area contributed by atoms with Crippen molar-refractivity contribution in [3.63, 3.8) is 0 Å². The van der Waals surface area contributed by atoms with Crippen LogP contribution in [0.5, 0.6) is 5.75 Å². The van der Waals surface area contributed by atoms with E-state index in [-0.39, 0.29) is 9.90 Å². The zero-order valence-corrected chi connectivity index (χ0v) is 7.94. The van der Waals surface area contributed by atoms with E-state index in [2.05, 4.69) is 0 Å². The second kappa shape index (κ2) is 5.11. The molecule has 2 nitrogen and oxygen atoms in total. The number of hydrogen-bond acceptors (Lipinski definition) is 2. The molecule has 3 heteroatoms. The van der Waals surface area contributed by atoms with Gasteiger partial charge in [-0.2, -0.15) is 9.90 Å². The molecular formula is C8H13O2P. The van der Waals surface area contributed by atoms with E-state index < -0.39 is 6.29 Å². The minimum atomic E-state index is -0.734. The van der Waals surface area contributed by atoms with Crippen LogP contribution in [0.3, 0.4) is 0 Å². The van der Waals surface area contributed by atoms with E-state index >= 15 is 0 Å². The summed E-state index contributed by atoms with van der Waals surface area (Å²) in [5, 5.41) is 8.78. The summed E-state index contributed by atoms with van der Waals surface area (Å²) in [7, 11) is 0. The van der Waals surface area contributed by atoms with Gasteiger partial charge in [0.15, 0.2) is 6.29 Å². The highest BCUT2D eigenvalue weighted by Crippen LogP contribution is 2.08. The normalized spacial score (nSPS) is 11.5. The fraction of sp³-hybridized carbons (Fsp3) is 0.250. The van der Waals surface area contributed by atoms with Gasteiger partial charge in [-0.15, -0.1) is 0 Å². The summed E-state index contributed by atoms with van der Waals surface area (Å²) in [6.07, 6.45) is -0.734. The van der Waals surface area contributed by atoms with Crippen LogP contribution < -0.4 is 4.74 Å². The largest absolute Gasteiger partial charge is 0.465 e. The van der Waals surface area contributed by atoms with Gasteiger partial charge >= 0.3 is 0 Å². The molecule has 11 heavy (non-hydrogen) atoms. The standard InChI is InChI=1S/C8H10O2.H3P/c1-7(9)10-8-5-3-2-4-6-8;/h2-7,9H,1H3;1H3. The number of ether oxygens (including phenoxy) is 1. The lowest BCUT2D eigenvalue weighted by molar-refractivity contribution is -0.000286. The summed E-state index contributed by atoms with van der Waals surface area (Å²) in [6.45, 7) is 1.58. The number of hydrogen-bond donors (Lipinski definition) is 1. The summed E-state index contributed by atoms with van der Waals surface area (Å²) >= 11 is 0. The Morgan fingerprint density at radius 3 is 2.27 bits per heavy atom. The van der Waals surface area contributed by atoms with Gasteiger partial charge in [0.1, 0.15) is 5.75 Å². The lowest BCUT2D eigenvalue weighted by Crippen LogP contribution is -2.08. The zero-order valence-electron chi connectivity index (χ0n) is 6.53. The molecule has 62 valence electrons. The van der Waals surface area contributed by atoms with Crippen molar-refractivity contribution in [3.8, 4) is 5.75 Å². The maximum Gasteiger partial charge on any atom is 0.194 e. The Labute approximate surface area is 69.8 Å². The molecule has 1 N–H and O–H groups in total. The first kappa shape index (κ1) is 10.4. The summed E-state index contributed by atoms with van der Waals surface area (Å²) in [6, 6.07) is 9.21. The van der Waals surface area contributed by atoms with E-state index in [9.17, 15) is 0 Å². The Kier molecular flexibility index (Phi) is 4.84. The van der Waals surface area contributed by atoms with Gasteiger partial charge in [0.25, 0.3) is 0 Å². The molecule has 1 aromatic carbocycles. The molecule has 0 radical (unpaired) electrons. The van der Waals surface area contributed by atoms with E-state index in [4.69, 9.17) is 9.84 Å². The van der Waals surface area contributed by atoms with E-state index in [0.29, 0.717) is 5.75 Å². The first-order chi connectivity index (χ1) is 4.79. The van der Waals surface area contributed by atoms with Crippen LogP contribution in [0.2, 0.25) is 0 Å². The maximum atomic E-state index is 8.78. The van der Waals surface area contributed by atoms with Crippen LogP contribution in [0.4, 0.5) is 0 Å². The molecule has 1 aromatic rings. The fourth-order valence-corrected chi connectivity index (χ4v) is 0.696. The number of aliphatic hydroxyl groups excluding tert-OH is 1. The summed E-state index contributed by atoms with van der Waals surface area (Å²) in [5.74, 6) is 0.692. The van der Waals surface area contributed by atoms with Gasteiger partial charge in [-0.25, -0.2) is 0 Å². The van der Waals surface area contributed by atoms with Crippen molar-refractivity contribution in [2.75, 3.05) is 0 Å². The molecule has 1 rings (SSSR count). The van der Waals surface area contributed by atoms with Crippen molar-refractivity contribution in [2.24, 2.45) is 0 Å². The fourth-order valence-electron chi connectivity index (χ4n) is 0.696. The molecule has 2 unspecified atom stereocenters. The zero-order chi connectivity index (χ0) is 7.40. The molecule has 0 saturated heterocycles. The Balaban J connectivity index is 0.000001000. The monoisotopic (exact) mass is 172 g/mol. The predicted octanol–water partition coefficient (Wildman–Crippen LogP) is 1.46. The highest BCUT2D eigenvalue weighted by molar-refractivity contribution is 6.92. The lowest BCUT2D eigenvalue weighted by Gasteiger charge is -2.06. The Morgan fingerprint density at radius 2 is 1.82 bits per heavy atom. The third-order valence-electron chi connectivity index (χ3n) is 1.05. The molecule has 0 bridgehead atoms. The van der Waals surface area contributed by atoms with E-state index in [1.54, 1.807) is 19.1 Å². The molecular weight excluding hydrogens is 159 g/mol. The molecule has 0 aliphatic rings. The molecule has 2 atom stereocenters. The summed E-state index contributed by atoms with van der Waals surface area (Å²) in [5.41, 5.74) is 0. The predicted molar refractivity (Wildman–Crippen MR) is 49.9 cm³/mol. The first-order valence-corrected chi connectivity index (χ1v) is 3.19. The van der Waals surface area contributed by atoms with Crippen LogP contribution in [-0.2, 0) is 0 Å². The Bertz CT molecular complexity index is 187. The van der Waals surface area contributed by atoms with Gasteiger partial charge in [0.05, 0.1) is 0 Å². The van der Waals surface area contributed by atoms with E-state index in [1.165, 1.54) is 0 Å². The minimum absolute atomic E-state index is 0. The summed E-state index contributed by atoms with van der Waals surface area (Å²) in [4.78, 5) is 0. The van der Waals surface area contributed by atoms with Crippen LogP contribution in [0.25, 0.3) is 0 Å². The molecule has 0 fully saturated rings. The van der Waals surface area contributed by atoms with E-state index in [1.807, 2.05) is 18.2 Å². The number of rotatable bonds is 2. The third-order valence-corrected chi connectivity index (χ3v) is 1.05. The molecule has 0 aromatic heterocycles.